The van der Waals surface area contributed by atoms with Gasteiger partial charge in [-0.15, -0.1) is 0 Å². The summed E-state index contributed by atoms with van der Waals surface area (Å²) in [5, 5.41) is 10.7. The third kappa shape index (κ3) is 5.49. The summed E-state index contributed by atoms with van der Waals surface area (Å²) in [4.78, 5) is 37.2. The molecule has 10 heteroatoms. The van der Waals surface area contributed by atoms with Gasteiger partial charge in [0.1, 0.15) is 12.4 Å². The molecule has 1 aliphatic heterocycles. The van der Waals surface area contributed by atoms with Gasteiger partial charge in [-0.3, -0.25) is 24.6 Å². The Hall–Kier alpha value is -4.18. The first-order chi connectivity index (χ1) is 16.9. The first-order valence-electron chi connectivity index (χ1n) is 10.4. The Kier molecular flexibility index (Phi) is 7.11. The number of carbonyl (C=O) groups is 2. The minimum atomic E-state index is -0.545. The van der Waals surface area contributed by atoms with E-state index in [1.54, 1.807) is 42.5 Å². The van der Waals surface area contributed by atoms with Gasteiger partial charge in [-0.1, -0.05) is 36.4 Å². The topological polar surface area (TPSA) is 99.0 Å². The molecule has 0 aliphatic carbocycles. The minimum Gasteiger partial charge on any atom is -0.493 e. The van der Waals surface area contributed by atoms with Crippen molar-refractivity contribution in [1.29, 1.82) is 0 Å². The van der Waals surface area contributed by atoms with Crippen LogP contribution in [0.5, 0.6) is 11.5 Å². The van der Waals surface area contributed by atoms with Gasteiger partial charge >= 0.3 is 0 Å². The van der Waals surface area contributed by atoms with Gasteiger partial charge in [-0.25, -0.2) is 4.39 Å². The second kappa shape index (κ2) is 10.4. The van der Waals surface area contributed by atoms with E-state index in [1.165, 1.54) is 37.4 Å². The van der Waals surface area contributed by atoms with Crippen LogP contribution >= 0.6 is 11.8 Å². The molecule has 0 bridgehead atoms. The van der Waals surface area contributed by atoms with Crippen molar-refractivity contribution in [3.63, 3.8) is 0 Å². The number of imide groups is 1. The quantitative estimate of drug-likeness (QED) is 0.230. The maximum Gasteiger partial charge on any atom is 0.293 e. The van der Waals surface area contributed by atoms with Crippen LogP contribution in [0.1, 0.15) is 16.7 Å². The molecule has 1 heterocycles. The van der Waals surface area contributed by atoms with Crippen LogP contribution in [0.25, 0.3) is 6.08 Å². The van der Waals surface area contributed by atoms with Crippen molar-refractivity contribution in [2.24, 2.45) is 0 Å². The number of amides is 2. The second-order valence-electron chi connectivity index (χ2n) is 7.48. The van der Waals surface area contributed by atoms with E-state index >= 15 is 0 Å². The second-order valence-corrected chi connectivity index (χ2v) is 8.47. The maximum atomic E-state index is 13.1. The highest BCUT2D eigenvalue weighted by molar-refractivity contribution is 8.18. The number of benzene rings is 3. The summed E-state index contributed by atoms with van der Waals surface area (Å²) >= 11 is 0.762. The first kappa shape index (κ1) is 24.0. The van der Waals surface area contributed by atoms with Crippen molar-refractivity contribution in [2.75, 3.05) is 7.11 Å². The lowest BCUT2D eigenvalue weighted by Crippen LogP contribution is -2.27. The SMILES string of the molecule is COc1cc(/C=C2\SC(=O)N(Cc3ccccc3[N+](=O)[O-])C2=O)ccc1OCc1ccc(F)cc1. The summed E-state index contributed by atoms with van der Waals surface area (Å²) in [6.45, 7) is 0.0130. The molecule has 1 fully saturated rings. The van der Waals surface area contributed by atoms with Gasteiger partial charge < -0.3 is 9.47 Å². The Morgan fingerprint density at radius 2 is 1.80 bits per heavy atom. The van der Waals surface area contributed by atoms with Gasteiger partial charge in [0.15, 0.2) is 11.5 Å². The largest absolute Gasteiger partial charge is 0.493 e. The van der Waals surface area contributed by atoms with E-state index in [0.29, 0.717) is 17.1 Å². The Bertz CT molecular complexity index is 1330. The third-order valence-corrected chi connectivity index (χ3v) is 6.09. The maximum absolute atomic E-state index is 13.1. The number of nitrogens with zero attached hydrogens (tertiary/aromatic N) is 2. The summed E-state index contributed by atoms with van der Waals surface area (Å²) in [5.74, 6) is 0.00862. The van der Waals surface area contributed by atoms with E-state index < -0.39 is 16.1 Å². The summed E-state index contributed by atoms with van der Waals surface area (Å²) in [5.41, 5.74) is 1.50. The van der Waals surface area contributed by atoms with Crippen molar-refractivity contribution < 1.29 is 28.4 Å². The molecule has 3 aromatic rings. The molecule has 1 saturated heterocycles. The van der Waals surface area contributed by atoms with Crippen LogP contribution < -0.4 is 9.47 Å². The summed E-state index contributed by atoms with van der Waals surface area (Å²) in [6, 6.07) is 17.0. The normalized spacial score (nSPS) is 14.5. The zero-order chi connectivity index (χ0) is 24.9. The number of carbonyl (C=O) groups excluding carboxylic acids is 2. The van der Waals surface area contributed by atoms with E-state index in [1.807, 2.05) is 0 Å². The lowest BCUT2D eigenvalue weighted by molar-refractivity contribution is -0.385. The first-order valence-corrected chi connectivity index (χ1v) is 11.2. The highest BCUT2D eigenvalue weighted by Gasteiger charge is 2.36. The number of nitro groups is 1. The molecule has 2 amide bonds. The van der Waals surface area contributed by atoms with Crippen molar-refractivity contribution in [1.82, 2.24) is 4.90 Å². The number of nitro benzene ring substituents is 1. The number of methoxy groups -OCH3 is 1. The molecule has 3 aromatic carbocycles. The number of hydrogen-bond acceptors (Lipinski definition) is 7. The molecular weight excluding hydrogens is 475 g/mol. The lowest BCUT2D eigenvalue weighted by Gasteiger charge is -2.12. The molecule has 8 nitrogen and oxygen atoms in total. The molecule has 0 unspecified atom stereocenters. The van der Waals surface area contributed by atoms with Crippen molar-refractivity contribution in [3.8, 4) is 11.5 Å². The van der Waals surface area contributed by atoms with Crippen molar-refractivity contribution in [3.05, 3.63) is 104 Å². The molecule has 0 radical (unpaired) electrons. The summed E-state index contributed by atoms with van der Waals surface area (Å²) < 4.78 is 24.2. The van der Waals surface area contributed by atoms with E-state index in [9.17, 15) is 24.1 Å². The zero-order valence-corrected chi connectivity index (χ0v) is 19.3. The van der Waals surface area contributed by atoms with Crippen LogP contribution in [-0.2, 0) is 17.9 Å². The smallest absolute Gasteiger partial charge is 0.293 e. The fraction of sp³-hybridized carbons (Fsp3) is 0.120. The Morgan fingerprint density at radius 1 is 1.06 bits per heavy atom. The monoisotopic (exact) mass is 494 g/mol. The molecule has 0 aromatic heterocycles. The molecule has 1 aliphatic rings. The van der Waals surface area contributed by atoms with Gasteiger partial charge in [0.25, 0.3) is 16.8 Å². The molecule has 0 atom stereocenters. The average molecular weight is 495 g/mol. The van der Waals surface area contributed by atoms with Crippen LogP contribution in [0.4, 0.5) is 14.9 Å². The minimum absolute atomic E-state index is 0.156. The van der Waals surface area contributed by atoms with E-state index in [0.717, 1.165) is 22.2 Å². The predicted octanol–water partition coefficient (Wildman–Crippen LogP) is 5.56. The van der Waals surface area contributed by atoms with E-state index in [-0.39, 0.29) is 35.1 Å². The summed E-state index contributed by atoms with van der Waals surface area (Å²) in [7, 11) is 1.48. The molecule has 4 rings (SSSR count). The highest BCUT2D eigenvalue weighted by atomic mass is 32.2. The standard InChI is InChI=1S/C25H19FN2O6S/c1-33-22-12-17(8-11-21(22)34-15-16-6-9-19(26)10-7-16)13-23-24(29)27(25(30)35-23)14-18-4-2-3-5-20(18)28(31)32/h2-13H,14-15H2,1H3/b23-13-. The lowest BCUT2D eigenvalue weighted by atomic mass is 10.1. The fourth-order valence-corrected chi connectivity index (χ4v) is 4.25. The number of halogens is 1. The zero-order valence-electron chi connectivity index (χ0n) is 18.5. The Labute approximate surface area is 204 Å². The summed E-state index contributed by atoms with van der Waals surface area (Å²) in [6.07, 6.45) is 1.55. The van der Waals surface area contributed by atoms with Crippen molar-refractivity contribution in [2.45, 2.75) is 13.2 Å². The van der Waals surface area contributed by atoms with Gasteiger partial charge in [0, 0.05) is 11.6 Å². The van der Waals surface area contributed by atoms with Crippen LogP contribution in [0, 0.1) is 15.9 Å². The van der Waals surface area contributed by atoms with E-state index in [2.05, 4.69) is 0 Å². The molecule has 0 saturated carbocycles. The molecule has 178 valence electrons. The highest BCUT2D eigenvalue weighted by Crippen LogP contribution is 2.36. The Balaban J connectivity index is 1.50. The van der Waals surface area contributed by atoms with Gasteiger partial charge in [-0.2, -0.15) is 0 Å². The van der Waals surface area contributed by atoms with E-state index in [4.69, 9.17) is 9.47 Å². The number of para-hydroxylation sites is 1. The van der Waals surface area contributed by atoms with Gasteiger partial charge in [0.05, 0.1) is 23.5 Å². The van der Waals surface area contributed by atoms with Crippen LogP contribution in [0.2, 0.25) is 0 Å². The van der Waals surface area contributed by atoms with Crippen LogP contribution in [0.3, 0.4) is 0 Å². The Morgan fingerprint density at radius 3 is 2.51 bits per heavy atom. The number of hydrogen-bond donors (Lipinski definition) is 0. The van der Waals surface area contributed by atoms with Gasteiger partial charge in [0.2, 0.25) is 0 Å². The average Bonchev–Trinajstić information content (AvgIpc) is 3.11. The third-order valence-electron chi connectivity index (χ3n) is 5.18. The van der Waals surface area contributed by atoms with Crippen molar-refractivity contribution >= 4 is 34.7 Å². The molecular formula is C25H19FN2O6S. The van der Waals surface area contributed by atoms with Crippen LogP contribution in [-0.4, -0.2) is 28.1 Å². The predicted molar refractivity (Wildman–Crippen MR) is 128 cm³/mol. The molecule has 0 spiro atoms. The van der Waals surface area contributed by atoms with Crippen LogP contribution in [0.15, 0.2) is 71.6 Å². The number of rotatable bonds is 8. The molecule has 35 heavy (non-hydrogen) atoms. The number of ether oxygens (including phenoxy) is 2. The van der Waals surface area contributed by atoms with Gasteiger partial charge in [-0.05, 0) is 53.2 Å². The molecule has 0 N–H and O–H groups in total. The fourth-order valence-electron chi connectivity index (χ4n) is 3.42. The number of thioether (sulfide) groups is 1.